The summed E-state index contributed by atoms with van der Waals surface area (Å²) in [6.45, 7) is 10.0. The van der Waals surface area contributed by atoms with E-state index >= 15 is 0 Å². The van der Waals surface area contributed by atoms with Crippen LogP contribution in [0.15, 0.2) is 0 Å². The first-order valence-electron chi connectivity index (χ1n) is 7.30. The second-order valence-corrected chi connectivity index (χ2v) is 5.62. The van der Waals surface area contributed by atoms with Crippen LogP contribution in [0.5, 0.6) is 0 Å². The summed E-state index contributed by atoms with van der Waals surface area (Å²) < 4.78 is 0. The molecule has 18 heavy (non-hydrogen) atoms. The van der Waals surface area contributed by atoms with Crippen LogP contribution in [0.3, 0.4) is 0 Å². The van der Waals surface area contributed by atoms with Gasteiger partial charge in [-0.1, -0.05) is 26.7 Å². The van der Waals surface area contributed by atoms with Crippen molar-refractivity contribution < 1.29 is 4.79 Å². The van der Waals surface area contributed by atoms with E-state index < -0.39 is 0 Å². The van der Waals surface area contributed by atoms with Crippen molar-refractivity contribution in [2.75, 3.05) is 26.2 Å². The average molecular weight is 255 g/mol. The molecule has 0 aromatic rings. The van der Waals surface area contributed by atoms with Crippen molar-refractivity contribution in [1.82, 2.24) is 10.2 Å². The Labute approximate surface area is 111 Å². The van der Waals surface area contributed by atoms with Gasteiger partial charge in [0.1, 0.15) is 0 Å². The maximum Gasteiger partial charge on any atom is 0.225 e. The lowest BCUT2D eigenvalue weighted by Crippen LogP contribution is -2.53. The molecule has 106 valence electrons. The second-order valence-electron chi connectivity index (χ2n) is 5.62. The van der Waals surface area contributed by atoms with Gasteiger partial charge < -0.3 is 16.0 Å². The largest absolute Gasteiger partial charge is 0.355 e. The lowest BCUT2D eigenvalue weighted by atomic mass is 9.74. The zero-order chi connectivity index (χ0) is 13.6. The smallest absolute Gasteiger partial charge is 0.225 e. The Morgan fingerprint density at radius 1 is 1.39 bits per heavy atom. The van der Waals surface area contributed by atoms with Gasteiger partial charge in [0.15, 0.2) is 0 Å². The van der Waals surface area contributed by atoms with E-state index in [9.17, 15) is 4.79 Å². The van der Waals surface area contributed by atoms with E-state index in [1.807, 2.05) is 6.92 Å². The summed E-state index contributed by atoms with van der Waals surface area (Å²) in [5, 5.41) is 3.05. The summed E-state index contributed by atoms with van der Waals surface area (Å²) in [6, 6.07) is 0. The highest BCUT2D eigenvalue weighted by Crippen LogP contribution is 2.31. The van der Waals surface area contributed by atoms with E-state index in [2.05, 4.69) is 24.1 Å². The molecule has 1 amide bonds. The Balaban J connectivity index is 2.35. The van der Waals surface area contributed by atoms with Crippen LogP contribution in [0.4, 0.5) is 0 Å². The summed E-state index contributed by atoms with van der Waals surface area (Å²) in [6.07, 6.45) is 4.17. The lowest BCUT2D eigenvalue weighted by Gasteiger charge is -2.37. The molecule has 3 N–H and O–H groups in total. The minimum absolute atomic E-state index is 0.0112. The molecule has 0 aromatic carbocycles. The Kier molecular flexibility index (Phi) is 6.09. The third kappa shape index (κ3) is 4.25. The van der Waals surface area contributed by atoms with Gasteiger partial charge in [-0.3, -0.25) is 4.79 Å². The molecule has 0 aliphatic heterocycles. The van der Waals surface area contributed by atoms with Crippen molar-refractivity contribution in [3.63, 3.8) is 0 Å². The maximum absolute atomic E-state index is 12.2. The van der Waals surface area contributed by atoms with E-state index in [1.165, 1.54) is 0 Å². The molecule has 4 heteroatoms. The van der Waals surface area contributed by atoms with Gasteiger partial charge in [0, 0.05) is 18.6 Å². The van der Waals surface area contributed by atoms with Crippen molar-refractivity contribution in [3.8, 4) is 0 Å². The van der Waals surface area contributed by atoms with Crippen molar-refractivity contribution in [2.24, 2.45) is 11.7 Å². The molecular weight excluding hydrogens is 226 g/mol. The van der Waals surface area contributed by atoms with Crippen LogP contribution in [0, 0.1) is 5.92 Å². The fraction of sp³-hybridized carbons (Fsp3) is 0.929. The first-order valence-corrected chi connectivity index (χ1v) is 7.30. The monoisotopic (exact) mass is 255 g/mol. The molecule has 0 bridgehead atoms. The quantitative estimate of drug-likeness (QED) is 0.753. The number of rotatable bonds is 6. The molecule has 1 fully saturated rings. The number of carbonyl (C=O) groups is 1. The average Bonchev–Trinajstić information content (AvgIpc) is 2.34. The normalized spacial score (nSPS) is 28.4. The highest BCUT2D eigenvalue weighted by atomic mass is 16.1. The molecule has 4 nitrogen and oxygen atoms in total. The van der Waals surface area contributed by atoms with Crippen molar-refractivity contribution in [3.05, 3.63) is 0 Å². The molecule has 0 saturated heterocycles. The Bertz CT molecular complexity index is 262. The SMILES string of the molecule is CCN(CC)CCNC(=O)C1CCCCC1(C)N. The molecule has 1 aliphatic rings. The van der Waals surface area contributed by atoms with E-state index in [0.717, 1.165) is 51.9 Å². The number of likely N-dealkylation sites (N-methyl/N-ethyl adjacent to an activating group) is 1. The Morgan fingerprint density at radius 2 is 2.06 bits per heavy atom. The second kappa shape index (κ2) is 7.10. The minimum atomic E-state index is -0.322. The lowest BCUT2D eigenvalue weighted by molar-refractivity contribution is -0.128. The van der Waals surface area contributed by atoms with Crippen LogP contribution in [-0.2, 0) is 4.79 Å². The van der Waals surface area contributed by atoms with Gasteiger partial charge in [0.25, 0.3) is 0 Å². The highest BCUT2D eigenvalue weighted by Gasteiger charge is 2.37. The van der Waals surface area contributed by atoms with Gasteiger partial charge in [-0.15, -0.1) is 0 Å². The molecule has 1 aliphatic carbocycles. The number of amides is 1. The summed E-state index contributed by atoms with van der Waals surface area (Å²) in [5.74, 6) is 0.134. The maximum atomic E-state index is 12.2. The summed E-state index contributed by atoms with van der Waals surface area (Å²) in [4.78, 5) is 14.5. The third-order valence-corrected chi connectivity index (χ3v) is 4.19. The third-order valence-electron chi connectivity index (χ3n) is 4.19. The number of nitrogens with zero attached hydrogens (tertiary/aromatic N) is 1. The first kappa shape index (κ1) is 15.4. The van der Waals surface area contributed by atoms with Gasteiger partial charge in [-0.25, -0.2) is 0 Å². The van der Waals surface area contributed by atoms with E-state index in [0.29, 0.717) is 0 Å². The Hall–Kier alpha value is -0.610. The molecule has 0 spiro atoms. The number of hydrogen-bond acceptors (Lipinski definition) is 3. The summed E-state index contributed by atoms with van der Waals surface area (Å²) >= 11 is 0. The molecule has 2 unspecified atom stereocenters. The zero-order valence-electron chi connectivity index (χ0n) is 12.2. The van der Waals surface area contributed by atoms with Crippen LogP contribution in [0.2, 0.25) is 0 Å². The topological polar surface area (TPSA) is 58.4 Å². The summed E-state index contributed by atoms with van der Waals surface area (Å²) in [5.41, 5.74) is 5.91. The van der Waals surface area contributed by atoms with Crippen LogP contribution < -0.4 is 11.1 Å². The predicted octanol–water partition coefficient (Wildman–Crippen LogP) is 1.35. The Morgan fingerprint density at radius 3 is 2.61 bits per heavy atom. The minimum Gasteiger partial charge on any atom is -0.355 e. The number of nitrogens with one attached hydrogen (secondary N) is 1. The van der Waals surface area contributed by atoms with Gasteiger partial charge >= 0.3 is 0 Å². The molecule has 1 saturated carbocycles. The molecular formula is C14H29N3O. The zero-order valence-corrected chi connectivity index (χ0v) is 12.2. The first-order chi connectivity index (χ1) is 8.51. The van der Waals surface area contributed by atoms with Crippen LogP contribution in [0.1, 0.15) is 46.5 Å². The summed E-state index contributed by atoms with van der Waals surface area (Å²) in [7, 11) is 0. The van der Waals surface area contributed by atoms with Crippen molar-refractivity contribution >= 4 is 5.91 Å². The number of hydrogen-bond donors (Lipinski definition) is 2. The standard InChI is InChI=1S/C14H29N3O/c1-4-17(5-2)11-10-16-13(18)12-8-6-7-9-14(12,3)15/h12H,4-11,15H2,1-3H3,(H,16,18). The van der Waals surface area contributed by atoms with Gasteiger partial charge in [-0.2, -0.15) is 0 Å². The van der Waals surface area contributed by atoms with Gasteiger partial charge in [0.05, 0.1) is 5.92 Å². The number of nitrogens with two attached hydrogens (primary N) is 1. The van der Waals surface area contributed by atoms with Crippen LogP contribution >= 0.6 is 0 Å². The van der Waals surface area contributed by atoms with Crippen LogP contribution in [0.25, 0.3) is 0 Å². The molecule has 0 aromatic heterocycles. The van der Waals surface area contributed by atoms with Crippen molar-refractivity contribution in [1.29, 1.82) is 0 Å². The predicted molar refractivity (Wildman–Crippen MR) is 75.3 cm³/mol. The fourth-order valence-electron chi connectivity index (χ4n) is 2.79. The van der Waals surface area contributed by atoms with E-state index in [4.69, 9.17) is 5.73 Å². The van der Waals surface area contributed by atoms with Crippen LogP contribution in [-0.4, -0.2) is 42.5 Å². The van der Waals surface area contributed by atoms with E-state index in [-0.39, 0.29) is 17.4 Å². The van der Waals surface area contributed by atoms with Gasteiger partial charge in [0.2, 0.25) is 5.91 Å². The molecule has 1 rings (SSSR count). The highest BCUT2D eigenvalue weighted by molar-refractivity contribution is 5.80. The van der Waals surface area contributed by atoms with Gasteiger partial charge in [-0.05, 0) is 32.9 Å². The van der Waals surface area contributed by atoms with E-state index in [1.54, 1.807) is 0 Å². The van der Waals surface area contributed by atoms with Crippen molar-refractivity contribution in [2.45, 2.75) is 52.0 Å². The molecule has 0 heterocycles. The molecule has 2 atom stereocenters. The molecule has 0 radical (unpaired) electrons. The fourth-order valence-corrected chi connectivity index (χ4v) is 2.79. The number of carbonyl (C=O) groups excluding carboxylic acids is 1.